The Labute approximate surface area is 211 Å². The topological polar surface area (TPSA) is 138 Å². The van der Waals surface area contributed by atoms with Crippen LogP contribution in [0.5, 0.6) is 11.8 Å². The number of fused-ring (bicyclic) bond motifs is 3. The molecule has 6 rings (SSSR count). The summed E-state index contributed by atoms with van der Waals surface area (Å²) in [5.41, 5.74) is 7.58. The summed E-state index contributed by atoms with van der Waals surface area (Å²) in [5.74, 6) is -0.945. The SMILES string of the molecule is CNc1cc(F)c(F)c2c1[nH]c1nc(Oc3cnc(C(C)O)nc3)nc(N3CCC4(CCCC4N)C3)c12. The van der Waals surface area contributed by atoms with E-state index in [4.69, 9.17) is 10.5 Å². The molecule has 5 N–H and O–H groups in total. The third-order valence-electron chi connectivity index (χ3n) is 7.74. The summed E-state index contributed by atoms with van der Waals surface area (Å²) < 4.78 is 35.8. The number of hydrogen-bond donors (Lipinski definition) is 4. The highest BCUT2D eigenvalue weighted by Crippen LogP contribution is 2.47. The van der Waals surface area contributed by atoms with Gasteiger partial charge in [0.2, 0.25) is 0 Å². The molecule has 1 aliphatic carbocycles. The lowest BCUT2D eigenvalue weighted by atomic mass is 9.82. The van der Waals surface area contributed by atoms with Crippen LogP contribution >= 0.6 is 0 Å². The molecule has 10 nitrogen and oxygen atoms in total. The second-order valence-electron chi connectivity index (χ2n) is 9.99. The second-order valence-corrected chi connectivity index (χ2v) is 9.99. The number of aromatic nitrogens is 5. The van der Waals surface area contributed by atoms with Crippen molar-refractivity contribution in [3.8, 4) is 11.8 Å². The molecule has 4 heterocycles. The van der Waals surface area contributed by atoms with E-state index in [2.05, 4.69) is 35.1 Å². The maximum atomic E-state index is 15.3. The van der Waals surface area contributed by atoms with Crippen molar-refractivity contribution < 1.29 is 18.6 Å². The number of hydrogen-bond acceptors (Lipinski definition) is 9. The Morgan fingerprint density at radius 3 is 2.70 bits per heavy atom. The molecule has 2 aliphatic rings. The van der Waals surface area contributed by atoms with Gasteiger partial charge in [-0.3, -0.25) is 0 Å². The fourth-order valence-electron chi connectivity index (χ4n) is 5.78. The first kappa shape index (κ1) is 23.7. The van der Waals surface area contributed by atoms with Crippen molar-refractivity contribution in [2.75, 3.05) is 30.4 Å². The fraction of sp³-hybridized carbons (Fsp3) is 0.440. The molecule has 0 radical (unpaired) electrons. The van der Waals surface area contributed by atoms with Crippen molar-refractivity contribution >= 4 is 33.4 Å². The quantitative estimate of drug-likeness (QED) is 0.316. The van der Waals surface area contributed by atoms with Crippen LogP contribution in [0.25, 0.3) is 21.9 Å². The molecule has 1 spiro atoms. The van der Waals surface area contributed by atoms with Gasteiger partial charge in [-0.25, -0.2) is 18.7 Å². The zero-order valence-corrected chi connectivity index (χ0v) is 20.6. The summed E-state index contributed by atoms with van der Waals surface area (Å²) in [7, 11) is 1.64. The average molecular weight is 511 g/mol. The fourth-order valence-corrected chi connectivity index (χ4v) is 5.78. The van der Waals surface area contributed by atoms with E-state index in [-0.39, 0.29) is 34.4 Å². The number of rotatable bonds is 5. The lowest BCUT2D eigenvalue weighted by Gasteiger charge is -2.29. The highest BCUT2D eigenvalue weighted by Gasteiger charge is 2.46. The number of aliphatic hydroxyl groups excluding tert-OH is 1. The van der Waals surface area contributed by atoms with Gasteiger partial charge in [-0.1, -0.05) is 6.42 Å². The Kier molecular flexibility index (Phi) is 5.60. The summed E-state index contributed by atoms with van der Waals surface area (Å²) in [6.45, 7) is 2.90. The molecular weight excluding hydrogens is 482 g/mol. The van der Waals surface area contributed by atoms with Gasteiger partial charge in [0.25, 0.3) is 0 Å². The predicted octanol–water partition coefficient (Wildman–Crippen LogP) is 3.77. The van der Waals surface area contributed by atoms with Gasteiger partial charge in [0.15, 0.2) is 23.2 Å². The number of nitrogens with zero attached hydrogens (tertiary/aromatic N) is 5. The van der Waals surface area contributed by atoms with Crippen LogP contribution in [0, 0.1) is 17.0 Å². The largest absolute Gasteiger partial charge is 0.421 e. The highest BCUT2D eigenvalue weighted by atomic mass is 19.2. The van der Waals surface area contributed by atoms with Gasteiger partial charge < -0.3 is 30.8 Å². The van der Waals surface area contributed by atoms with Crippen molar-refractivity contribution in [3.63, 3.8) is 0 Å². The number of aromatic amines is 1. The number of benzene rings is 1. The molecule has 3 atom stereocenters. The van der Waals surface area contributed by atoms with Gasteiger partial charge in [0, 0.05) is 37.7 Å². The lowest BCUT2D eigenvalue weighted by molar-refractivity contribution is 0.188. The van der Waals surface area contributed by atoms with E-state index in [9.17, 15) is 9.50 Å². The molecule has 1 saturated heterocycles. The van der Waals surface area contributed by atoms with E-state index < -0.39 is 17.7 Å². The van der Waals surface area contributed by atoms with E-state index in [1.165, 1.54) is 12.4 Å². The summed E-state index contributed by atoms with van der Waals surface area (Å²) >= 11 is 0. The van der Waals surface area contributed by atoms with Crippen LogP contribution in [0.1, 0.15) is 44.5 Å². The number of H-pyrrole nitrogens is 1. The van der Waals surface area contributed by atoms with Crippen LogP contribution in [0.2, 0.25) is 0 Å². The van der Waals surface area contributed by atoms with Crippen molar-refractivity contribution in [1.29, 1.82) is 0 Å². The van der Waals surface area contributed by atoms with Crippen molar-refractivity contribution in [2.45, 2.75) is 44.8 Å². The maximum Gasteiger partial charge on any atom is 0.326 e. The zero-order chi connectivity index (χ0) is 25.9. The smallest absolute Gasteiger partial charge is 0.326 e. The Morgan fingerprint density at radius 2 is 2.03 bits per heavy atom. The van der Waals surface area contributed by atoms with Gasteiger partial charge in [0.05, 0.1) is 34.4 Å². The molecule has 12 heteroatoms. The van der Waals surface area contributed by atoms with Gasteiger partial charge in [-0.15, -0.1) is 0 Å². The third kappa shape index (κ3) is 3.82. The molecule has 1 saturated carbocycles. The summed E-state index contributed by atoms with van der Waals surface area (Å²) in [6.07, 6.45) is 5.99. The standard InChI is InChI=1S/C25H28F2N8O2/c1-12(36)21-30-9-13(10-31-21)37-24-33-22-18(17-19(27)14(26)8-15(29-2)20(17)32-22)23(34-24)35-7-6-25(11-35)5-3-4-16(25)28/h8-10,12,16,29,36H,3-7,11,28H2,1-2H3,(H,32,33,34). The molecule has 194 valence electrons. The van der Waals surface area contributed by atoms with E-state index >= 15 is 4.39 Å². The molecule has 0 bridgehead atoms. The number of aliphatic hydroxyl groups is 1. The molecule has 1 aliphatic heterocycles. The number of anilines is 2. The van der Waals surface area contributed by atoms with Crippen LogP contribution in [-0.4, -0.2) is 56.2 Å². The summed E-state index contributed by atoms with van der Waals surface area (Å²) in [5, 5.41) is 13.1. The Morgan fingerprint density at radius 1 is 1.24 bits per heavy atom. The van der Waals surface area contributed by atoms with E-state index in [0.717, 1.165) is 31.7 Å². The molecule has 0 amide bonds. The molecule has 37 heavy (non-hydrogen) atoms. The minimum Gasteiger partial charge on any atom is -0.421 e. The van der Waals surface area contributed by atoms with Crippen molar-refractivity contribution in [2.24, 2.45) is 11.1 Å². The lowest BCUT2D eigenvalue weighted by Crippen LogP contribution is -2.39. The minimum absolute atomic E-state index is 0.00557. The molecular formula is C25H28F2N8O2. The Hall–Kier alpha value is -3.64. The van der Waals surface area contributed by atoms with E-state index in [0.29, 0.717) is 41.1 Å². The monoisotopic (exact) mass is 510 g/mol. The Balaban J connectivity index is 1.51. The van der Waals surface area contributed by atoms with Crippen LogP contribution in [-0.2, 0) is 0 Å². The van der Waals surface area contributed by atoms with Crippen LogP contribution in [0.15, 0.2) is 18.5 Å². The maximum absolute atomic E-state index is 15.3. The first-order valence-corrected chi connectivity index (χ1v) is 12.4. The third-order valence-corrected chi connectivity index (χ3v) is 7.74. The summed E-state index contributed by atoms with van der Waals surface area (Å²) in [6, 6.07) is 1.20. The van der Waals surface area contributed by atoms with Gasteiger partial charge in [-0.05, 0) is 26.2 Å². The number of ether oxygens (including phenoxy) is 1. The van der Waals surface area contributed by atoms with Gasteiger partial charge in [-0.2, -0.15) is 9.97 Å². The first-order valence-electron chi connectivity index (χ1n) is 12.4. The normalized spacial score (nSPS) is 22.4. The van der Waals surface area contributed by atoms with Crippen molar-refractivity contribution in [3.05, 3.63) is 35.9 Å². The zero-order valence-electron chi connectivity index (χ0n) is 20.6. The van der Waals surface area contributed by atoms with E-state index in [1.807, 2.05) is 0 Å². The van der Waals surface area contributed by atoms with Gasteiger partial charge in [0.1, 0.15) is 17.6 Å². The molecule has 3 aromatic heterocycles. The molecule has 1 aromatic carbocycles. The number of nitrogens with two attached hydrogens (primary N) is 1. The molecule has 3 unspecified atom stereocenters. The average Bonchev–Trinajstić information content (AvgIpc) is 3.59. The van der Waals surface area contributed by atoms with Crippen molar-refractivity contribution in [1.82, 2.24) is 24.9 Å². The molecule has 4 aromatic rings. The minimum atomic E-state index is -0.965. The number of halogens is 2. The highest BCUT2D eigenvalue weighted by molar-refractivity contribution is 6.15. The Bertz CT molecular complexity index is 1490. The van der Waals surface area contributed by atoms with E-state index in [1.54, 1.807) is 14.0 Å². The predicted molar refractivity (Wildman–Crippen MR) is 135 cm³/mol. The van der Waals surface area contributed by atoms with Crippen LogP contribution < -0.4 is 20.7 Å². The second kappa shape index (κ2) is 8.73. The van der Waals surface area contributed by atoms with Crippen LogP contribution in [0.3, 0.4) is 0 Å². The van der Waals surface area contributed by atoms with Gasteiger partial charge >= 0.3 is 6.01 Å². The first-order chi connectivity index (χ1) is 17.8. The summed E-state index contributed by atoms with van der Waals surface area (Å²) in [4.78, 5) is 22.6. The number of nitrogens with one attached hydrogen (secondary N) is 2. The molecule has 2 fully saturated rings. The van der Waals surface area contributed by atoms with Crippen LogP contribution in [0.4, 0.5) is 20.3 Å².